The lowest BCUT2D eigenvalue weighted by Crippen LogP contribution is -2.05. The molecule has 0 bridgehead atoms. The van der Waals surface area contributed by atoms with E-state index in [1.165, 1.54) is 0 Å². The van der Waals surface area contributed by atoms with Crippen molar-refractivity contribution in [1.82, 2.24) is 10.1 Å². The van der Waals surface area contributed by atoms with Crippen LogP contribution in [0.2, 0.25) is 0 Å². The van der Waals surface area contributed by atoms with Crippen molar-refractivity contribution in [2.24, 2.45) is 5.73 Å². The van der Waals surface area contributed by atoms with Crippen molar-refractivity contribution in [3.8, 4) is 11.4 Å². The lowest BCUT2D eigenvalue weighted by atomic mass is 9.94. The Morgan fingerprint density at radius 3 is 2.87 bits per heavy atom. The van der Waals surface area contributed by atoms with Gasteiger partial charge in [0.1, 0.15) is 7.85 Å². The zero-order valence-corrected chi connectivity index (χ0v) is 8.34. The predicted octanol–water partition coefficient (Wildman–Crippen LogP) is 0.550. The lowest BCUT2D eigenvalue weighted by Gasteiger charge is -1.96. The van der Waals surface area contributed by atoms with Gasteiger partial charge in [-0.25, -0.2) is 0 Å². The van der Waals surface area contributed by atoms with Crippen LogP contribution in [0, 0.1) is 0 Å². The Morgan fingerprint density at radius 1 is 1.47 bits per heavy atom. The molecule has 0 saturated carbocycles. The second-order valence-corrected chi connectivity index (χ2v) is 3.37. The van der Waals surface area contributed by atoms with Crippen molar-refractivity contribution in [3.05, 3.63) is 30.2 Å². The summed E-state index contributed by atoms with van der Waals surface area (Å²) in [5, 5.41) is 3.83. The van der Waals surface area contributed by atoms with Gasteiger partial charge < -0.3 is 10.3 Å². The van der Waals surface area contributed by atoms with Crippen LogP contribution in [0.3, 0.4) is 0 Å². The number of aromatic nitrogens is 2. The summed E-state index contributed by atoms with van der Waals surface area (Å²) in [5.74, 6) is 0.932. The van der Waals surface area contributed by atoms with E-state index in [2.05, 4.69) is 10.1 Å². The first-order chi connectivity index (χ1) is 7.16. The van der Waals surface area contributed by atoms with Crippen molar-refractivity contribution in [2.75, 3.05) is 0 Å². The van der Waals surface area contributed by atoms with Gasteiger partial charge in [0.15, 0.2) is 0 Å². The molecule has 1 atom stereocenters. The van der Waals surface area contributed by atoms with Gasteiger partial charge >= 0.3 is 0 Å². The molecule has 74 valence electrons. The molecule has 0 fully saturated rings. The normalized spacial score (nSPS) is 12.7. The van der Waals surface area contributed by atoms with E-state index in [4.69, 9.17) is 18.1 Å². The molecule has 0 saturated heterocycles. The highest BCUT2D eigenvalue weighted by atomic mass is 16.5. The number of nitrogens with zero attached hydrogens (tertiary/aromatic N) is 2. The number of hydrogen-bond acceptors (Lipinski definition) is 4. The average molecular weight is 199 g/mol. The summed E-state index contributed by atoms with van der Waals surface area (Å²) in [7, 11) is 5.65. The molecule has 5 heteroatoms. The second kappa shape index (κ2) is 3.86. The molecule has 1 heterocycles. The first-order valence-electron chi connectivity index (χ1n) is 4.62. The molecule has 0 aliphatic rings. The van der Waals surface area contributed by atoms with Crippen LogP contribution in [0.4, 0.5) is 0 Å². The molecule has 0 spiro atoms. The average Bonchev–Trinajstić information content (AvgIpc) is 2.66. The van der Waals surface area contributed by atoms with E-state index in [1.807, 2.05) is 12.1 Å². The number of rotatable bonds is 2. The Bertz CT molecular complexity index is 467. The number of benzene rings is 1. The van der Waals surface area contributed by atoms with Gasteiger partial charge in [0.25, 0.3) is 0 Å². The lowest BCUT2D eigenvalue weighted by molar-refractivity contribution is 0.362. The van der Waals surface area contributed by atoms with Gasteiger partial charge in [0, 0.05) is 5.56 Å². The summed E-state index contributed by atoms with van der Waals surface area (Å²) >= 11 is 0. The van der Waals surface area contributed by atoms with Gasteiger partial charge in [-0.15, -0.1) is 0 Å². The summed E-state index contributed by atoms with van der Waals surface area (Å²) in [6.07, 6.45) is 0. The third-order valence-corrected chi connectivity index (χ3v) is 1.98. The molecule has 0 aliphatic heterocycles. The Kier molecular flexibility index (Phi) is 2.56. The van der Waals surface area contributed by atoms with Crippen molar-refractivity contribution in [1.29, 1.82) is 0 Å². The quantitative estimate of drug-likeness (QED) is 0.717. The van der Waals surface area contributed by atoms with E-state index in [0.29, 0.717) is 17.2 Å². The van der Waals surface area contributed by atoms with Crippen molar-refractivity contribution >= 4 is 13.3 Å². The van der Waals surface area contributed by atoms with Crippen LogP contribution in [-0.4, -0.2) is 18.0 Å². The third kappa shape index (κ3) is 2.07. The molecule has 2 rings (SSSR count). The van der Waals surface area contributed by atoms with Gasteiger partial charge in [-0.1, -0.05) is 34.9 Å². The van der Waals surface area contributed by atoms with Crippen LogP contribution in [0.5, 0.6) is 0 Å². The van der Waals surface area contributed by atoms with Crippen LogP contribution in [0.25, 0.3) is 11.4 Å². The van der Waals surface area contributed by atoms with Crippen LogP contribution < -0.4 is 11.2 Å². The summed E-state index contributed by atoms with van der Waals surface area (Å²) in [6.45, 7) is 1.79. The first-order valence-corrected chi connectivity index (χ1v) is 4.62. The fourth-order valence-electron chi connectivity index (χ4n) is 1.22. The maximum atomic E-state index is 5.65. The summed E-state index contributed by atoms with van der Waals surface area (Å²) in [5.41, 5.74) is 7.11. The summed E-state index contributed by atoms with van der Waals surface area (Å²) in [6, 6.07) is 7.04. The molecule has 2 N–H and O–H groups in total. The highest BCUT2D eigenvalue weighted by Crippen LogP contribution is 2.16. The highest BCUT2D eigenvalue weighted by molar-refractivity contribution is 6.32. The minimum absolute atomic E-state index is 0.257. The maximum Gasteiger partial charge on any atom is 0.243 e. The first kappa shape index (κ1) is 9.92. The van der Waals surface area contributed by atoms with Crippen molar-refractivity contribution in [3.63, 3.8) is 0 Å². The standard InChI is InChI=1S/C10H10BN3O/c1-6(12)10-13-9(14-15-10)7-3-2-4-8(11)5-7/h2-6H,12H2,1H3/t6-/m0/s1. The molecule has 1 aromatic heterocycles. The van der Waals surface area contributed by atoms with E-state index in [9.17, 15) is 0 Å². The van der Waals surface area contributed by atoms with Crippen molar-refractivity contribution < 1.29 is 4.52 Å². The van der Waals surface area contributed by atoms with Gasteiger partial charge in [0.2, 0.25) is 11.7 Å². The zero-order chi connectivity index (χ0) is 10.8. The molecule has 1 aromatic carbocycles. The van der Waals surface area contributed by atoms with Gasteiger partial charge in [-0.2, -0.15) is 4.98 Å². The highest BCUT2D eigenvalue weighted by Gasteiger charge is 2.11. The Hall–Kier alpha value is -1.62. The van der Waals surface area contributed by atoms with E-state index >= 15 is 0 Å². The molecule has 2 radical (unpaired) electrons. The van der Waals surface area contributed by atoms with Gasteiger partial charge in [-0.05, 0) is 6.92 Å². The molecule has 2 aromatic rings. The molecular weight excluding hydrogens is 189 g/mol. The second-order valence-electron chi connectivity index (χ2n) is 3.37. The minimum Gasteiger partial charge on any atom is -0.337 e. The van der Waals surface area contributed by atoms with Crippen LogP contribution in [0.1, 0.15) is 18.9 Å². The Labute approximate surface area is 88.9 Å². The van der Waals surface area contributed by atoms with E-state index < -0.39 is 0 Å². The fraction of sp³-hybridized carbons (Fsp3) is 0.200. The Morgan fingerprint density at radius 2 is 2.27 bits per heavy atom. The molecule has 4 nitrogen and oxygen atoms in total. The smallest absolute Gasteiger partial charge is 0.243 e. The third-order valence-electron chi connectivity index (χ3n) is 1.98. The molecule has 0 aliphatic carbocycles. The summed E-state index contributed by atoms with van der Waals surface area (Å²) < 4.78 is 4.99. The van der Waals surface area contributed by atoms with Crippen molar-refractivity contribution in [2.45, 2.75) is 13.0 Å². The molecule has 15 heavy (non-hydrogen) atoms. The molecular formula is C10H10BN3O. The predicted molar refractivity (Wildman–Crippen MR) is 57.7 cm³/mol. The van der Waals surface area contributed by atoms with E-state index in [1.54, 1.807) is 19.1 Å². The van der Waals surface area contributed by atoms with E-state index in [-0.39, 0.29) is 6.04 Å². The maximum absolute atomic E-state index is 5.65. The van der Waals surface area contributed by atoms with Gasteiger partial charge in [0.05, 0.1) is 6.04 Å². The molecule has 0 unspecified atom stereocenters. The number of nitrogens with two attached hydrogens (primary N) is 1. The monoisotopic (exact) mass is 199 g/mol. The Balaban J connectivity index is 2.37. The van der Waals surface area contributed by atoms with Crippen LogP contribution >= 0.6 is 0 Å². The fourth-order valence-corrected chi connectivity index (χ4v) is 1.22. The summed E-state index contributed by atoms with van der Waals surface area (Å²) in [4.78, 5) is 4.16. The van der Waals surface area contributed by atoms with Crippen LogP contribution in [0.15, 0.2) is 28.8 Å². The number of hydrogen-bond donors (Lipinski definition) is 1. The molecule has 0 amide bonds. The minimum atomic E-state index is -0.257. The SMILES string of the molecule is [B]c1cccc(-c2noc([C@H](C)N)n2)c1. The van der Waals surface area contributed by atoms with E-state index in [0.717, 1.165) is 5.56 Å². The van der Waals surface area contributed by atoms with Crippen LogP contribution in [-0.2, 0) is 0 Å². The largest absolute Gasteiger partial charge is 0.337 e. The topological polar surface area (TPSA) is 64.9 Å². The van der Waals surface area contributed by atoms with Gasteiger partial charge in [-0.3, -0.25) is 0 Å². The zero-order valence-electron chi connectivity index (χ0n) is 8.34.